The molecule has 1 aromatic carbocycles. The molecular formula is C13H18N4O2S2. The van der Waals surface area contributed by atoms with Gasteiger partial charge in [0.05, 0.1) is 5.75 Å². The lowest BCUT2D eigenvalue weighted by atomic mass is 10.1. The summed E-state index contributed by atoms with van der Waals surface area (Å²) < 4.78 is 26.5. The van der Waals surface area contributed by atoms with Crippen LogP contribution in [0.1, 0.15) is 23.1 Å². The van der Waals surface area contributed by atoms with Crippen LogP contribution >= 0.6 is 11.3 Å². The summed E-state index contributed by atoms with van der Waals surface area (Å²) in [4.78, 5) is 0. The van der Waals surface area contributed by atoms with Crippen molar-refractivity contribution in [2.45, 2.75) is 26.1 Å². The van der Waals surface area contributed by atoms with Crippen LogP contribution in [0, 0.1) is 6.92 Å². The summed E-state index contributed by atoms with van der Waals surface area (Å²) in [7, 11) is -3.46. The van der Waals surface area contributed by atoms with Crippen LogP contribution in [0.15, 0.2) is 24.3 Å². The van der Waals surface area contributed by atoms with Crippen molar-refractivity contribution in [3.63, 3.8) is 0 Å². The number of nitrogens with one attached hydrogen (secondary N) is 2. The van der Waals surface area contributed by atoms with E-state index < -0.39 is 10.0 Å². The van der Waals surface area contributed by atoms with Gasteiger partial charge in [0.25, 0.3) is 0 Å². The first-order valence-corrected chi connectivity index (χ1v) is 9.04. The smallest absolute Gasteiger partial charge is 0.238 e. The van der Waals surface area contributed by atoms with Gasteiger partial charge in [-0.1, -0.05) is 42.5 Å². The van der Waals surface area contributed by atoms with Crippen LogP contribution in [0.3, 0.4) is 0 Å². The molecule has 0 aliphatic carbocycles. The Morgan fingerprint density at radius 3 is 2.38 bits per heavy atom. The third-order valence-electron chi connectivity index (χ3n) is 2.73. The lowest BCUT2D eigenvalue weighted by molar-refractivity contribution is 0.600. The normalized spacial score (nSPS) is 11.5. The number of sulfonamides is 1. The molecule has 2 aromatic rings. The van der Waals surface area contributed by atoms with Crippen LogP contribution in [-0.4, -0.2) is 25.2 Å². The quantitative estimate of drug-likeness (QED) is 0.812. The summed E-state index contributed by atoms with van der Waals surface area (Å²) in [5, 5.41) is 11.8. The molecule has 0 spiro atoms. The van der Waals surface area contributed by atoms with Crippen molar-refractivity contribution in [2.75, 3.05) is 11.3 Å². The van der Waals surface area contributed by atoms with Gasteiger partial charge in [-0.05, 0) is 24.6 Å². The molecular weight excluding hydrogens is 308 g/mol. The summed E-state index contributed by atoms with van der Waals surface area (Å²) in [6, 6.07) is 7.53. The maximum absolute atomic E-state index is 12.1. The third kappa shape index (κ3) is 5.07. The summed E-state index contributed by atoms with van der Waals surface area (Å²) in [5.74, 6) is -0.0763. The second kappa shape index (κ2) is 6.97. The van der Waals surface area contributed by atoms with Crippen molar-refractivity contribution in [3.05, 3.63) is 40.4 Å². The number of benzene rings is 1. The van der Waals surface area contributed by atoms with E-state index in [0.717, 1.165) is 29.2 Å². The first-order valence-electron chi connectivity index (χ1n) is 6.57. The molecule has 114 valence electrons. The molecule has 0 saturated carbocycles. The number of aromatic nitrogens is 2. The Bertz CT molecular complexity index is 680. The Labute approximate surface area is 128 Å². The summed E-state index contributed by atoms with van der Waals surface area (Å²) in [6.45, 7) is 5.51. The highest BCUT2D eigenvalue weighted by molar-refractivity contribution is 7.92. The minimum atomic E-state index is -3.46. The van der Waals surface area contributed by atoms with Gasteiger partial charge in [-0.3, -0.25) is 4.72 Å². The van der Waals surface area contributed by atoms with Gasteiger partial charge < -0.3 is 5.32 Å². The molecule has 8 heteroatoms. The van der Waals surface area contributed by atoms with E-state index >= 15 is 0 Å². The molecule has 2 rings (SSSR count). The van der Waals surface area contributed by atoms with E-state index in [9.17, 15) is 8.42 Å². The molecule has 0 aliphatic heterocycles. The SMILES string of the molecule is CCNCc1ccc(CS(=O)(=O)Nc2nnc(C)s2)cc1. The highest BCUT2D eigenvalue weighted by atomic mass is 32.2. The standard InChI is InChI=1S/C13H18N4O2S2/c1-3-14-8-11-4-6-12(7-5-11)9-21(18,19)17-13-16-15-10(2)20-13/h4-7,14H,3,8-9H2,1-2H3,(H,16,17). The van der Waals surface area contributed by atoms with Crippen molar-refractivity contribution in [1.82, 2.24) is 15.5 Å². The topological polar surface area (TPSA) is 84.0 Å². The molecule has 0 radical (unpaired) electrons. The molecule has 0 bridgehead atoms. The molecule has 2 N–H and O–H groups in total. The molecule has 21 heavy (non-hydrogen) atoms. The van der Waals surface area contributed by atoms with Crippen molar-refractivity contribution < 1.29 is 8.42 Å². The third-order valence-corrected chi connectivity index (χ3v) is 4.83. The molecule has 0 atom stereocenters. The fourth-order valence-electron chi connectivity index (χ4n) is 1.75. The maximum atomic E-state index is 12.1. The number of hydrogen-bond acceptors (Lipinski definition) is 6. The predicted octanol–water partition coefficient (Wildman–Crippen LogP) is 1.90. The molecule has 6 nitrogen and oxygen atoms in total. The van der Waals surface area contributed by atoms with Crippen LogP contribution in [0.2, 0.25) is 0 Å². The maximum Gasteiger partial charge on any atom is 0.238 e. The van der Waals surface area contributed by atoms with E-state index in [4.69, 9.17) is 0 Å². The monoisotopic (exact) mass is 326 g/mol. The fraction of sp³-hybridized carbons (Fsp3) is 0.385. The molecule has 1 heterocycles. The highest BCUT2D eigenvalue weighted by Crippen LogP contribution is 2.17. The zero-order valence-electron chi connectivity index (χ0n) is 12.0. The largest absolute Gasteiger partial charge is 0.313 e. The van der Waals surface area contributed by atoms with E-state index in [2.05, 4.69) is 20.2 Å². The molecule has 0 aliphatic rings. The second-order valence-electron chi connectivity index (χ2n) is 4.58. The van der Waals surface area contributed by atoms with Gasteiger partial charge in [0.1, 0.15) is 5.01 Å². The highest BCUT2D eigenvalue weighted by Gasteiger charge is 2.14. The van der Waals surface area contributed by atoms with Gasteiger partial charge in [-0.2, -0.15) is 0 Å². The van der Waals surface area contributed by atoms with Gasteiger partial charge in [-0.15, -0.1) is 10.2 Å². The van der Waals surface area contributed by atoms with E-state index in [1.165, 1.54) is 11.3 Å². The van der Waals surface area contributed by atoms with Crippen molar-refractivity contribution in [1.29, 1.82) is 0 Å². The summed E-state index contributed by atoms with van der Waals surface area (Å²) in [6.07, 6.45) is 0. The zero-order valence-corrected chi connectivity index (χ0v) is 13.6. The Morgan fingerprint density at radius 2 is 1.81 bits per heavy atom. The second-order valence-corrected chi connectivity index (χ2v) is 7.49. The van der Waals surface area contributed by atoms with E-state index in [1.54, 1.807) is 6.92 Å². The van der Waals surface area contributed by atoms with E-state index in [1.807, 2.05) is 31.2 Å². The average molecular weight is 326 g/mol. The molecule has 1 aromatic heterocycles. The minimum Gasteiger partial charge on any atom is -0.313 e. The first kappa shape index (κ1) is 15.9. The molecule has 0 saturated heterocycles. The van der Waals surface area contributed by atoms with Gasteiger partial charge in [0.2, 0.25) is 15.2 Å². The molecule has 0 fully saturated rings. The van der Waals surface area contributed by atoms with Gasteiger partial charge >= 0.3 is 0 Å². The Hall–Kier alpha value is -1.51. The minimum absolute atomic E-state index is 0.0763. The van der Waals surface area contributed by atoms with Crippen molar-refractivity contribution in [3.8, 4) is 0 Å². The Morgan fingerprint density at radius 1 is 1.14 bits per heavy atom. The first-order chi connectivity index (χ1) is 9.98. The molecule has 0 amide bonds. The number of aryl methyl sites for hydroxylation is 1. The number of nitrogens with zero attached hydrogens (tertiary/aromatic N) is 2. The molecule has 0 unspecified atom stereocenters. The van der Waals surface area contributed by atoms with E-state index in [-0.39, 0.29) is 5.75 Å². The van der Waals surface area contributed by atoms with Crippen LogP contribution in [0.25, 0.3) is 0 Å². The lowest BCUT2D eigenvalue weighted by Gasteiger charge is -2.06. The average Bonchev–Trinajstić information content (AvgIpc) is 2.82. The van der Waals surface area contributed by atoms with Crippen LogP contribution in [-0.2, 0) is 22.3 Å². The Balaban J connectivity index is 1.99. The van der Waals surface area contributed by atoms with Gasteiger partial charge in [0, 0.05) is 6.54 Å². The van der Waals surface area contributed by atoms with Crippen LogP contribution in [0.5, 0.6) is 0 Å². The summed E-state index contributed by atoms with van der Waals surface area (Å²) >= 11 is 1.22. The predicted molar refractivity (Wildman–Crippen MR) is 84.7 cm³/mol. The van der Waals surface area contributed by atoms with Crippen LogP contribution < -0.4 is 10.0 Å². The van der Waals surface area contributed by atoms with E-state index in [0.29, 0.717) is 5.13 Å². The zero-order chi connectivity index (χ0) is 15.3. The van der Waals surface area contributed by atoms with Gasteiger partial charge in [0.15, 0.2) is 0 Å². The van der Waals surface area contributed by atoms with Crippen molar-refractivity contribution >= 4 is 26.5 Å². The lowest BCUT2D eigenvalue weighted by Crippen LogP contribution is -2.15. The van der Waals surface area contributed by atoms with Gasteiger partial charge in [-0.25, -0.2) is 8.42 Å². The van der Waals surface area contributed by atoms with Crippen molar-refractivity contribution in [2.24, 2.45) is 0 Å². The number of hydrogen-bond donors (Lipinski definition) is 2. The Kier molecular flexibility index (Phi) is 5.27. The van der Waals surface area contributed by atoms with Crippen LogP contribution in [0.4, 0.5) is 5.13 Å². The fourth-order valence-corrected chi connectivity index (χ4v) is 3.75. The number of anilines is 1. The number of rotatable bonds is 7. The summed E-state index contributed by atoms with van der Waals surface area (Å²) in [5.41, 5.74) is 1.87.